The van der Waals surface area contributed by atoms with Crippen molar-refractivity contribution in [3.05, 3.63) is 5.32 Å². The van der Waals surface area contributed by atoms with E-state index in [1.165, 1.54) is 0 Å². The molecule has 4 heteroatoms. The van der Waals surface area contributed by atoms with Crippen LogP contribution in [0, 0.1) is 0 Å². The molecule has 0 aromatic carbocycles. The topological polar surface area (TPSA) is 14.1 Å². The Bertz CT molecular complexity index is 47.0. The molecule has 0 spiro atoms. The van der Waals surface area contributed by atoms with Crippen LogP contribution in [0.4, 0.5) is 0 Å². The molecule has 1 nitrogen and oxygen atoms in total. The Balaban J connectivity index is -0.0000000600. The zero-order valence-corrected chi connectivity index (χ0v) is 9.86. The van der Waals surface area contributed by atoms with Crippen LogP contribution in [-0.4, -0.2) is 35.1 Å². The van der Waals surface area contributed by atoms with Crippen molar-refractivity contribution in [1.82, 2.24) is 0 Å². The quantitative estimate of drug-likeness (QED) is 0.370. The summed E-state index contributed by atoms with van der Waals surface area (Å²) in [6.07, 6.45) is 0. The molecule has 0 heterocycles. The Morgan fingerprint density at radius 2 is 1.10 bits per heavy atom. The van der Waals surface area contributed by atoms with Gasteiger partial charge in [0.1, 0.15) is 0 Å². The van der Waals surface area contributed by atoms with Gasteiger partial charge in [0.2, 0.25) is 0 Å². The minimum absolute atomic E-state index is 0. The van der Waals surface area contributed by atoms with E-state index in [0.717, 1.165) is 0 Å². The summed E-state index contributed by atoms with van der Waals surface area (Å²) in [5.74, 6) is 0. The van der Waals surface area contributed by atoms with Gasteiger partial charge in [0.15, 0.2) is 0 Å². The van der Waals surface area contributed by atoms with Crippen LogP contribution in [-0.2, 0) is 0 Å². The largest absolute Gasteiger partial charge is 2.00 e. The second kappa shape index (κ2) is 13.2. The maximum Gasteiger partial charge on any atom is 2.00 e. The maximum absolute atomic E-state index is 4.28. The molecule has 0 saturated heterocycles. The number of nitrogens with zero attached hydrogens (tertiary/aromatic N) is 1. The van der Waals surface area contributed by atoms with Crippen molar-refractivity contribution in [2.24, 2.45) is 0 Å². The molecule has 0 saturated carbocycles. The van der Waals surface area contributed by atoms with E-state index < -0.39 is 0 Å². The third kappa shape index (κ3) is 22.6. The molecule has 52 valence electrons. The van der Waals surface area contributed by atoms with Gasteiger partial charge < -0.3 is 17.7 Å². The van der Waals surface area contributed by atoms with Crippen molar-refractivity contribution >= 4 is 23.1 Å². The van der Waals surface area contributed by atoms with Crippen molar-refractivity contribution in [3.63, 3.8) is 0 Å². The summed E-state index contributed by atoms with van der Waals surface area (Å²) in [5.41, 5.74) is 0. The van der Waals surface area contributed by atoms with Gasteiger partial charge in [-0.05, 0) is 0 Å². The van der Waals surface area contributed by atoms with Crippen LogP contribution >= 0.6 is 0 Å². The molecular formula is C6H14ClLiMgN+. The molecule has 0 atom stereocenters. The van der Waals surface area contributed by atoms with Crippen molar-refractivity contribution in [2.75, 3.05) is 0 Å². The molecule has 0 rings (SSSR count). The van der Waals surface area contributed by atoms with Crippen LogP contribution in [0.1, 0.15) is 27.7 Å². The first-order valence-electron chi connectivity index (χ1n) is 2.83. The van der Waals surface area contributed by atoms with E-state index >= 15 is 0 Å². The second-order valence-corrected chi connectivity index (χ2v) is 2.34. The van der Waals surface area contributed by atoms with Crippen LogP contribution < -0.4 is 31.3 Å². The first-order chi connectivity index (χ1) is 3.13. The van der Waals surface area contributed by atoms with Gasteiger partial charge in [0, 0.05) is 0 Å². The van der Waals surface area contributed by atoms with Crippen LogP contribution in [0.15, 0.2) is 0 Å². The van der Waals surface area contributed by atoms with Gasteiger partial charge in [-0.2, -0.15) is 0 Å². The molecule has 0 bridgehead atoms. The van der Waals surface area contributed by atoms with E-state index in [1.54, 1.807) is 0 Å². The molecule has 0 N–H and O–H groups in total. The molecule has 0 amide bonds. The molecule has 0 aliphatic carbocycles. The summed E-state index contributed by atoms with van der Waals surface area (Å²) in [5, 5.41) is 4.28. The van der Waals surface area contributed by atoms with Gasteiger partial charge >= 0.3 is 41.9 Å². The third-order valence-corrected chi connectivity index (χ3v) is 0.596. The molecule has 0 fully saturated rings. The van der Waals surface area contributed by atoms with Gasteiger partial charge in [0.05, 0.1) is 0 Å². The monoisotopic (exact) mass is 166 g/mol. The van der Waals surface area contributed by atoms with E-state index in [-0.39, 0.29) is 54.3 Å². The summed E-state index contributed by atoms with van der Waals surface area (Å²) >= 11 is 0. The van der Waals surface area contributed by atoms with Crippen molar-refractivity contribution in [1.29, 1.82) is 0 Å². The van der Waals surface area contributed by atoms with Gasteiger partial charge in [0.25, 0.3) is 0 Å². The Morgan fingerprint density at radius 1 is 0.900 bits per heavy atom. The van der Waals surface area contributed by atoms with E-state index in [4.69, 9.17) is 0 Å². The van der Waals surface area contributed by atoms with Crippen molar-refractivity contribution in [2.45, 2.75) is 39.8 Å². The van der Waals surface area contributed by atoms with Gasteiger partial charge in [-0.1, -0.05) is 27.7 Å². The molecule has 0 aliphatic heterocycles. The Morgan fingerprint density at radius 3 is 1.10 bits per heavy atom. The molecule has 0 aromatic heterocycles. The summed E-state index contributed by atoms with van der Waals surface area (Å²) in [4.78, 5) is 0. The fourth-order valence-corrected chi connectivity index (χ4v) is 0.596. The van der Waals surface area contributed by atoms with Gasteiger partial charge in [-0.25, -0.2) is 0 Å². The van der Waals surface area contributed by atoms with Crippen LogP contribution in [0.3, 0.4) is 0 Å². The van der Waals surface area contributed by atoms with Gasteiger partial charge in [-0.15, -0.1) is 12.1 Å². The van der Waals surface area contributed by atoms with Gasteiger partial charge in [-0.3, -0.25) is 0 Å². The summed E-state index contributed by atoms with van der Waals surface area (Å²) in [7, 11) is 0. The second-order valence-electron chi connectivity index (χ2n) is 2.34. The zero-order chi connectivity index (χ0) is 5.86. The molecule has 0 radical (unpaired) electrons. The SMILES string of the molecule is CC(C)[N-]C(C)C.[Cl-].[Li+].[Mg+2]. The predicted octanol–water partition coefficient (Wildman–Crippen LogP) is -4.20. The molecule has 0 aliphatic rings. The van der Waals surface area contributed by atoms with E-state index in [0.29, 0.717) is 12.1 Å². The zero-order valence-electron chi connectivity index (χ0n) is 7.69. The summed E-state index contributed by atoms with van der Waals surface area (Å²) in [6.45, 7) is 8.39. The fraction of sp³-hybridized carbons (Fsp3) is 1.00. The van der Waals surface area contributed by atoms with Crippen LogP contribution in [0.2, 0.25) is 0 Å². The average molecular weight is 167 g/mol. The third-order valence-electron chi connectivity index (χ3n) is 0.596. The predicted molar refractivity (Wildman–Crippen MR) is 39.4 cm³/mol. The van der Waals surface area contributed by atoms with E-state index in [2.05, 4.69) is 33.0 Å². The Labute approximate surface area is 98.8 Å². The molecule has 0 aromatic rings. The minimum atomic E-state index is 0. The summed E-state index contributed by atoms with van der Waals surface area (Å²) in [6, 6.07) is 1.000. The number of rotatable bonds is 2. The summed E-state index contributed by atoms with van der Waals surface area (Å²) < 4.78 is 0. The normalized spacial score (nSPS) is 7.80. The molecule has 10 heavy (non-hydrogen) atoms. The van der Waals surface area contributed by atoms with E-state index in [9.17, 15) is 0 Å². The number of hydrogen-bond acceptors (Lipinski definition) is 0. The first-order valence-corrected chi connectivity index (χ1v) is 2.83. The van der Waals surface area contributed by atoms with Crippen LogP contribution in [0.5, 0.6) is 0 Å². The number of hydrogen-bond donors (Lipinski definition) is 0. The fourth-order valence-electron chi connectivity index (χ4n) is 0.596. The Kier molecular flexibility index (Phi) is 29.8. The number of halogens is 1. The first kappa shape index (κ1) is 22.6. The smallest absolute Gasteiger partial charge is 1.00 e. The standard InChI is InChI=1S/C6H14N.ClH.Li.Mg/c1-5(2)7-6(3)4;;;/h5-6H,1-4H3;1H;;/q-1;;+1;+2/p-1. The van der Waals surface area contributed by atoms with Crippen molar-refractivity contribution < 1.29 is 31.3 Å². The molecular weight excluding hydrogens is 153 g/mol. The minimum Gasteiger partial charge on any atom is -1.00 e. The van der Waals surface area contributed by atoms with Crippen LogP contribution in [0.25, 0.3) is 5.32 Å². The maximum atomic E-state index is 4.28. The average Bonchev–Trinajstić information content (AvgIpc) is 1.27. The molecule has 0 unspecified atom stereocenters. The van der Waals surface area contributed by atoms with E-state index in [1.807, 2.05) is 0 Å². The van der Waals surface area contributed by atoms with Crippen molar-refractivity contribution in [3.8, 4) is 0 Å². The Hall–Kier alpha value is 1.61.